The number of ether oxygens (including phenoxy) is 1. The molecule has 1 amide bonds. The zero-order valence-corrected chi connectivity index (χ0v) is 15.4. The van der Waals surface area contributed by atoms with Crippen LogP contribution < -0.4 is 10.6 Å². The summed E-state index contributed by atoms with van der Waals surface area (Å²) in [4.78, 5) is 13.3. The third-order valence-corrected chi connectivity index (χ3v) is 5.56. The highest BCUT2D eigenvalue weighted by Crippen LogP contribution is 2.28. The maximum atomic E-state index is 11.9. The fourth-order valence-electron chi connectivity index (χ4n) is 3.17. The summed E-state index contributed by atoms with van der Waals surface area (Å²) >= 11 is 1.81. The van der Waals surface area contributed by atoms with Crippen LogP contribution in [-0.4, -0.2) is 18.2 Å². The molecular formula is C20H26N2O2S. The number of alkyl carbamates (subject to hydrolysis) is 1. The fraction of sp³-hybridized carbons (Fsp3) is 0.450. The maximum Gasteiger partial charge on any atom is 0.407 e. The highest BCUT2D eigenvalue weighted by Gasteiger charge is 2.32. The second kappa shape index (κ2) is 9.02. The minimum absolute atomic E-state index is 0.214. The van der Waals surface area contributed by atoms with Crippen molar-refractivity contribution in [3.63, 3.8) is 0 Å². The van der Waals surface area contributed by atoms with Gasteiger partial charge >= 0.3 is 6.09 Å². The lowest BCUT2D eigenvalue weighted by Crippen LogP contribution is -2.53. The molecule has 1 aromatic heterocycles. The van der Waals surface area contributed by atoms with E-state index >= 15 is 0 Å². The Balaban J connectivity index is 1.36. The molecule has 1 aliphatic carbocycles. The van der Waals surface area contributed by atoms with E-state index < -0.39 is 0 Å². The molecule has 4 nitrogen and oxygen atoms in total. The Bertz CT molecular complexity index is 639. The third kappa shape index (κ3) is 5.31. The molecule has 25 heavy (non-hydrogen) atoms. The molecule has 1 unspecified atom stereocenters. The maximum absolute atomic E-state index is 11.9. The van der Waals surface area contributed by atoms with E-state index in [2.05, 4.69) is 35.1 Å². The van der Waals surface area contributed by atoms with Gasteiger partial charge in [0.05, 0.1) is 0 Å². The average Bonchev–Trinajstić information content (AvgIpc) is 3.13. The number of thiophene rings is 1. The first-order chi connectivity index (χ1) is 12.2. The largest absolute Gasteiger partial charge is 0.445 e. The van der Waals surface area contributed by atoms with Gasteiger partial charge in [0, 0.05) is 23.0 Å². The van der Waals surface area contributed by atoms with Crippen molar-refractivity contribution >= 4 is 17.4 Å². The van der Waals surface area contributed by atoms with E-state index in [1.807, 2.05) is 41.7 Å². The fourth-order valence-corrected chi connectivity index (χ4v) is 4.00. The quantitative estimate of drug-likeness (QED) is 0.723. The summed E-state index contributed by atoms with van der Waals surface area (Å²) < 4.78 is 5.28. The third-order valence-electron chi connectivity index (χ3n) is 4.57. The Labute approximate surface area is 153 Å². The van der Waals surface area contributed by atoms with Crippen LogP contribution in [0.2, 0.25) is 0 Å². The molecule has 1 aliphatic rings. The van der Waals surface area contributed by atoms with Crippen LogP contribution >= 0.6 is 11.3 Å². The number of carbonyl (C=O) groups excluding carboxylic acids is 1. The molecule has 0 aliphatic heterocycles. The first kappa shape index (κ1) is 18.0. The molecule has 1 heterocycles. The molecule has 0 saturated heterocycles. The highest BCUT2D eigenvalue weighted by atomic mass is 32.1. The number of rotatable bonds is 8. The van der Waals surface area contributed by atoms with E-state index in [9.17, 15) is 4.79 Å². The smallest absolute Gasteiger partial charge is 0.407 e. The lowest BCUT2D eigenvalue weighted by atomic mass is 9.86. The molecule has 2 aromatic rings. The number of hydrogen-bond acceptors (Lipinski definition) is 4. The molecule has 1 aromatic carbocycles. The van der Waals surface area contributed by atoms with E-state index in [1.165, 1.54) is 4.88 Å². The predicted molar refractivity (Wildman–Crippen MR) is 102 cm³/mol. The van der Waals surface area contributed by atoms with Gasteiger partial charge in [-0.2, -0.15) is 0 Å². The van der Waals surface area contributed by atoms with E-state index in [-0.39, 0.29) is 12.1 Å². The second-order valence-corrected chi connectivity index (χ2v) is 7.57. The van der Waals surface area contributed by atoms with Gasteiger partial charge in [-0.25, -0.2) is 4.79 Å². The average molecular weight is 359 g/mol. The minimum Gasteiger partial charge on any atom is -0.445 e. The summed E-state index contributed by atoms with van der Waals surface area (Å²) in [5.74, 6) is 0. The van der Waals surface area contributed by atoms with Crippen molar-refractivity contribution in [2.45, 2.75) is 57.3 Å². The molecule has 0 bridgehead atoms. The molecule has 134 valence electrons. The number of amides is 1. The summed E-state index contributed by atoms with van der Waals surface area (Å²) in [6.45, 7) is 2.54. The molecule has 0 spiro atoms. The number of carbonyl (C=O) groups is 1. The standard InChI is InChI=1S/C20H26N2O2S/c1-2-7-18(19-10-6-11-25-19)21-16-12-17(13-16)22-20(23)24-14-15-8-4-3-5-9-15/h3-6,8-11,16-18,21H,2,7,12-14H2,1H3,(H,22,23). The first-order valence-corrected chi connectivity index (χ1v) is 9.89. The van der Waals surface area contributed by atoms with Crippen molar-refractivity contribution in [2.75, 3.05) is 0 Å². The Morgan fingerprint density at radius 1 is 1.20 bits per heavy atom. The molecule has 5 heteroatoms. The topological polar surface area (TPSA) is 50.4 Å². The van der Waals surface area contributed by atoms with Crippen molar-refractivity contribution < 1.29 is 9.53 Å². The van der Waals surface area contributed by atoms with Gasteiger partial charge in [-0.15, -0.1) is 11.3 Å². The van der Waals surface area contributed by atoms with Crippen molar-refractivity contribution in [2.24, 2.45) is 0 Å². The van der Waals surface area contributed by atoms with E-state index in [1.54, 1.807) is 0 Å². The van der Waals surface area contributed by atoms with Gasteiger partial charge in [-0.3, -0.25) is 0 Å². The second-order valence-electron chi connectivity index (χ2n) is 6.59. The van der Waals surface area contributed by atoms with Crippen LogP contribution in [0.4, 0.5) is 4.79 Å². The molecule has 1 fully saturated rings. The summed E-state index contributed by atoms with van der Waals surface area (Å²) in [7, 11) is 0. The number of benzene rings is 1. The Morgan fingerprint density at radius 3 is 2.68 bits per heavy atom. The van der Waals surface area contributed by atoms with E-state index in [0.29, 0.717) is 18.7 Å². The van der Waals surface area contributed by atoms with Crippen molar-refractivity contribution in [3.8, 4) is 0 Å². The van der Waals surface area contributed by atoms with Crippen LogP contribution in [0.25, 0.3) is 0 Å². The van der Waals surface area contributed by atoms with Crippen molar-refractivity contribution in [3.05, 3.63) is 58.3 Å². The Hall–Kier alpha value is -1.85. The zero-order valence-electron chi connectivity index (χ0n) is 14.6. The lowest BCUT2D eigenvalue weighted by molar-refractivity contribution is 0.124. The van der Waals surface area contributed by atoms with E-state index in [4.69, 9.17) is 4.74 Å². The van der Waals surface area contributed by atoms with Crippen LogP contribution in [0.15, 0.2) is 47.8 Å². The van der Waals surface area contributed by atoms with Gasteiger partial charge in [-0.05, 0) is 36.3 Å². The SMILES string of the molecule is CCCC(NC1CC(NC(=O)OCc2ccccc2)C1)c1cccs1. The monoisotopic (exact) mass is 358 g/mol. The summed E-state index contributed by atoms with van der Waals surface area (Å²) in [6.07, 6.45) is 3.91. The van der Waals surface area contributed by atoms with Crippen molar-refractivity contribution in [1.29, 1.82) is 0 Å². The molecule has 1 saturated carbocycles. The summed E-state index contributed by atoms with van der Waals surface area (Å²) in [5.41, 5.74) is 1.00. The van der Waals surface area contributed by atoms with Crippen LogP contribution in [0.1, 0.15) is 49.1 Å². The van der Waals surface area contributed by atoms with E-state index in [0.717, 1.165) is 31.2 Å². The molecular weight excluding hydrogens is 332 g/mol. The predicted octanol–water partition coefficient (Wildman–Crippen LogP) is 4.64. The minimum atomic E-state index is -0.323. The number of hydrogen-bond donors (Lipinski definition) is 2. The normalized spacial score (nSPS) is 20.5. The zero-order chi connectivity index (χ0) is 17.5. The van der Waals surface area contributed by atoms with Gasteiger partial charge < -0.3 is 15.4 Å². The summed E-state index contributed by atoms with van der Waals surface area (Å²) in [5, 5.41) is 8.83. The summed E-state index contributed by atoms with van der Waals surface area (Å²) in [6, 6.07) is 15.2. The number of nitrogens with one attached hydrogen (secondary N) is 2. The van der Waals surface area contributed by atoms with Gasteiger partial charge in [0.1, 0.15) is 6.61 Å². The van der Waals surface area contributed by atoms with Crippen LogP contribution in [-0.2, 0) is 11.3 Å². The Morgan fingerprint density at radius 2 is 2.00 bits per heavy atom. The van der Waals surface area contributed by atoms with Gasteiger partial charge in [0.2, 0.25) is 0 Å². The lowest BCUT2D eigenvalue weighted by Gasteiger charge is -2.38. The molecule has 1 atom stereocenters. The van der Waals surface area contributed by atoms with Gasteiger partial charge in [0.15, 0.2) is 0 Å². The first-order valence-electron chi connectivity index (χ1n) is 9.01. The van der Waals surface area contributed by atoms with Gasteiger partial charge in [-0.1, -0.05) is 49.7 Å². The molecule has 2 N–H and O–H groups in total. The Kier molecular flexibility index (Phi) is 6.48. The van der Waals surface area contributed by atoms with Crippen LogP contribution in [0.3, 0.4) is 0 Å². The molecule has 0 radical (unpaired) electrons. The van der Waals surface area contributed by atoms with Crippen LogP contribution in [0.5, 0.6) is 0 Å². The molecule has 3 rings (SSSR count). The van der Waals surface area contributed by atoms with Crippen LogP contribution in [0, 0.1) is 0 Å². The highest BCUT2D eigenvalue weighted by molar-refractivity contribution is 7.10. The van der Waals surface area contributed by atoms with Crippen molar-refractivity contribution in [1.82, 2.24) is 10.6 Å². The van der Waals surface area contributed by atoms with Gasteiger partial charge in [0.25, 0.3) is 0 Å².